The lowest BCUT2D eigenvalue weighted by molar-refractivity contribution is -0.124. The molecule has 0 heterocycles. The number of carbonyl (C=O) groups is 2. The molecule has 0 amide bonds. The van der Waals surface area contributed by atoms with Gasteiger partial charge in [-0.1, -0.05) is 42.5 Å². The van der Waals surface area contributed by atoms with Crippen molar-refractivity contribution in [3.05, 3.63) is 71.3 Å². The van der Waals surface area contributed by atoms with Gasteiger partial charge in [-0.3, -0.25) is 4.79 Å². The maximum atomic E-state index is 11.9. The van der Waals surface area contributed by atoms with E-state index in [0.717, 1.165) is 12.0 Å². The number of rotatable bonds is 4. The second-order valence-electron chi connectivity index (χ2n) is 5.92. The average Bonchev–Trinajstić information content (AvgIpc) is 2.47. The van der Waals surface area contributed by atoms with Crippen molar-refractivity contribution in [3.63, 3.8) is 0 Å². The molecule has 0 saturated heterocycles. The van der Waals surface area contributed by atoms with E-state index in [4.69, 9.17) is 5.11 Å². The third kappa shape index (κ3) is 2.54. The first-order valence-electron chi connectivity index (χ1n) is 7.46. The number of aromatic carboxylic acids is 1. The highest BCUT2D eigenvalue weighted by molar-refractivity contribution is 5.87. The van der Waals surface area contributed by atoms with Gasteiger partial charge in [-0.2, -0.15) is 0 Å². The molecule has 0 aromatic heterocycles. The largest absolute Gasteiger partial charge is 0.478 e. The summed E-state index contributed by atoms with van der Waals surface area (Å²) in [4.78, 5) is 22.8. The van der Waals surface area contributed by atoms with E-state index in [0.29, 0.717) is 5.92 Å². The van der Waals surface area contributed by atoms with E-state index in [2.05, 4.69) is 12.1 Å². The third-order valence-electron chi connectivity index (χ3n) is 4.67. The van der Waals surface area contributed by atoms with Crippen LogP contribution in [0.5, 0.6) is 0 Å². The van der Waals surface area contributed by atoms with Crippen molar-refractivity contribution in [1.82, 2.24) is 0 Å². The first-order chi connectivity index (χ1) is 10.6. The Bertz CT molecular complexity index is 688. The van der Waals surface area contributed by atoms with Gasteiger partial charge in [0.05, 0.1) is 5.56 Å². The second kappa shape index (κ2) is 5.76. The van der Waals surface area contributed by atoms with Crippen molar-refractivity contribution < 1.29 is 14.7 Å². The molecular formula is C19H18O3. The average molecular weight is 294 g/mol. The number of benzene rings is 2. The fourth-order valence-electron chi connectivity index (χ4n) is 3.43. The van der Waals surface area contributed by atoms with E-state index in [1.165, 1.54) is 5.56 Å². The summed E-state index contributed by atoms with van der Waals surface area (Å²) in [5.74, 6) is -0.225. The Morgan fingerprint density at radius 2 is 1.59 bits per heavy atom. The van der Waals surface area contributed by atoms with E-state index < -0.39 is 5.97 Å². The zero-order valence-corrected chi connectivity index (χ0v) is 12.4. The number of Topliss-reactive ketones (excluding diaryl/α,β-unsaturated/α-hetero) is 1. The van der Waals surface area contributed by atoms with Crippen LogP contribution in [-0.2, 0) is 4.79 Å². The summed E-state index contributed by atoms with van der Waals surface area (Å²) < 4.78 is 0. The van der Waals surface area contributed by atoms with Crippen LogP contribution in [0.2, 0.25) is 0 Å². The van der Waals surface area contributed by atoms with E-state index in [1.54, 1.807) is 19.1 Å². The number of carboxylic acids is 1. The lowest BCUT2D eigenvalue weighted by atomic mass is 9.58. The van der Waals surface area contributed by atoms with Gasteiger partial charge >= 0.3 is 5.97 Å². The molecule has 3 heteroatoms. The lowest BCUT2D eigenvalue weighted by Crippen LogP contribution is -2.37. The molecular weight excluding hydrogens is 276 g/mol. The molecule has 3 unspecified atom stereocenters. The normalized spacial score (nSPS) is 23.6. The van der Waals surface area contributed by atoms with Crippen molar-refractivity contribution >= 4 is 11.8 Å². The van der Waals surface area contributed by atoms with Gasteiger partial charge in [0.15, 0.2) is 0 Å². The van der Waals surface area contributed by atoms with Crippen LogP contribution in [-0.4, -0.2) is 16.9 Å². The Morgan fingerprint density at radius 1 is 0.955 bits per heavy atom. The first-order valence-corrected chi connectivity index (χ1v) is 7.46. The van der Waals surface area contributed by atoms with Crippen LogP contribution >= 0.6 is 0 Å². The van der Waals surface area contributed by atoms with Gasteiger partial charge in [0.2, 0.25) is 0 Å². The predicted octanol–water partition coefficient (Wildman–Crippen LogP) is 3.86. The van der Waals surface area contributed by atoms with Crippen molar-refractivity contribution in [2.75, 3.05) is 0 Å². The number of hydrogen-bond donors (Lipinski definition) is 1. The Labute approximate surface area is 129 Å². The molecule has 0 spiro atoms. The van der Waals surface area contributed by atoms with Crippen LogP contribution in [0, 0.1) is 5.92 Å². The summed E-state index contributed by atoms with van der Waals surface area (Å²) in [6, 6.07) is 17.1. The molecule has 112 valence electrons. The monoisotopic (exact) mass is 294 g/mol. The predicted molar refractivity (Wildman–Crippen MR) is 84.1 cm³/mol. The fraction of sp³-hybridized carbons (Fsp3) is 0.263. The van der Waals surface area contributed by atoms with Gasteiger partial charge in [0.25, 0.3) is 0 Å². The zero-order chi connectivity index (χ0) is 15.7. The maximum Gasteiger partial charge on any atom is 0.335 e. The van der Waals surface area contributed by atoms with Gasteiger partial charge in [0, 0.05) is 11.8 Å². The first kappa shape index (κ1) is 14.5. The van der Waals surface area contributed by atoms with Crippen molar-refractivity contribution in [3.8, 4) is 0 Å². The SMILES string of the molecule is CC(=O)C1CC(c2ccccc2)C1c1ccc(C(=O)O)cc1. The summed E-state index contributed by atoms with van der Waals surface area (Å²) in [5.41, 5.74) is 2.57. The van der Waals surface area contributed by atoms with Crippen LogP contribution in [0.4, 0.5) is 0 Å². The highest BCUT2D eigenvalue weighted by Crippen LogP contribution is 2.53. The molecule has 3 nitrogen and oxygen atoms in total. The Kier molecular flexibility index (Phi) is 3.80. The van der Waals surface area contributed by atoms with Gasteiger partial charge in [-0.05, 0) is 42.5 Å². The van der Waals surface area contributed by atoms with E-state index >= 15 is 0 Å². The van der Waals surface area contributed by atoms with Crippen molar-refractivity contribution in [2.45, 2.75) is 25.2 Å². The third-order valence-corrected chi connectivity index (χ3v) is 4.67. The Hall–Kier alpha value is -2.42. The molecule has 1 aliphatic carbocycles. The molecule has 3 rings (SSSR count). The molecule has 22 heavy (non-hydrogen) atoms. The minimum Gasteiger partial charge on any atom is -0.478 e. The van der Waals surface area contributed by atoms with Crippen LogP contribution < -0.4 is 0 Å². The molecule has 3 atom stereocenters. The molecule has 0 aliphatic heterocycles. The molecule has 2 aromatic rings. The topological polar surface area (TPSA) is 54.4 Å². The summed E-state index contributed by atoms with van der Waals surface area (Å²) in [6.07, 6.45) is 0.866. The minimum absolute atomic E-state index is 0.0286. The standard InChI is InChI=1S/C19H18O3/c1-12(20)16-11-17(13-5-3-2-4-6-13)18(16)14-7-9-15(10-8-14)19(21)22/h2-10,16-18H,11H2,1H3,(H,21,22). The summed E-state index contributed by atoms with van der Waals surface area (Å²) in [5, 5.41) is 9.00. The van der Waals surface area contributed by atoms with Crippen LogP contribution in [0.1, 0.15) is 46.7 Å². The lowest BCUT2D eigenvalue weighted by Gasteiger charge is -2.44. The second-order valence-corrected chi connectivity index (χ2v) is 5.92. The quantitative estimate of drug-likeness (QED) is 0.931. The van der Waals surface area contributed by atoms with Crippen LogP contribution in [0.25, 0.3) is 0 Å². The van der Waals surface area contributed by atoms with Gasteiger partial charge in [0.1, 0.15) is 5.78 Å². The number of carbonyl (C=O) groups excluding carboxylic acids is 1. The smallest absolute Gasteiger partial charge is 0.335 e. The summed E-state index contributed by atoms with van der Waals surface area (Å²) in [6.45, 7) is 1.64. The summed E-state index contributed by atoms with van der Waals surface area (Å²) in [7, 11) is 0. The number of ketones is 1. The Balaban J connectivity index is 1.92. The van der Waals surface area contributed by atoms with Crippen molar-refractivity contribution in [1.29, 1.82) is 0 Å². The highest BCUT2D eigenvalue weighted by atomic mass is 16.4. The van der Waals surface area contributed by atoms with E-state index in [1.807, 2.05) is 30.3 Å². The molecule has 1 fully saturated rings. The van der Waals surface area contributed by atoms with Gasteiger partial charge < -0.3 is 5.11 Å². The van der Waals surface area contributed by atoms with Gasteiger partial charge in [-0.15, -0.1) is 0 Å². The molecule has 0 radical (unpaired) electrons. The maximum absolute atomic E-state index is 11.9. The minimum atomic E-state index is -0.928. The zero-order valence-electron chi connectivity index (χ0n) is 12.4. The molecule has 1 N–H and O–H groups in total. The van der Waals surface area contributed by atoms with E-state index in [-0.39, 0.29) is 23.2 Å². The molecule has 1 saturated carbocycles. The number of carboxylic acid groups (broad SMARTS) is 1. The van der Waals surface area contributed by atoms with E-state index in [9.17, 15) is 9.59 Å². The molecule has 0 bridgehead atoms. The van der Waals surface area contributed by atoms with Crippen molar-refractivity contribution in [2.24, 2.45) is 5.92 Å². The molecule has 1 aliphatic rings. The Morgan fingerprint density at radius 3 is 2.14 bits per heavy atom. The highest BCUT2D eigenvalue weighted by Gasteiger charge is 2.44. The van der Waals surface area contributed by atoms with Crippen LogP contribution in [0.3, 0.4) is 0 Å². The van der Waals surface area contributed by atoms with Crippen LogP contribution in [0.15, 0.2) is 54.6 Å². The van der Waals surface area contributed by atoms with Gasteiger partial charge in [-0.25, -0.2) is 4.79 Å². The number of hydrogen-bond acceptors (Lipinski definition) is 2. The fourth-order valence-corrected chi connectivity index (χ4v) is 3.43. The molecule has 2 aromatic carbocycles. The summed E-state index contributed by atoms with van der Waals surface area (Å²) >= 11 is 0.